The zero-order chi connectivity index (χ0) is 21.0. The summed E-state index contributed by atoms with van der Waals surface area (Å²) in [5, 5.41) is 9.66. The van der Waals surface area contributed by atoms with Gasteiger partial charge in [-0.1, -0.05) is 42.1 Å². The second-order valence-electron chi connectivity index (χ2n) is 7.96. The second-order valence-corrected chi connectivity index (χ2v) is 8.90. The topological polar surface area (TPSA) is 60.3 Å². The van der Waals surface area contributed by atoms with Crippen molar-refractivity contribution in [1.29, 1.82) is 0 Å². The number of benzene rings is 2. The lowest BCUT2D eigenvalue weighted by atomic mass is 9.90. The van der Waals surface area contributed by atoms with Crippen LogP contribution in [0.25, 0.3) is 5.69 Å². The minimum absolute atomic E-state index is 0.133. The third-order valence-electron chi connectivity index (χ3n) is 5.93. The molecule has 6 nitrogen and oxygen atoms in total. The number of aromatic nitrogens is 3. The summed E-state index contributed by atoms with van der Waals surface area (Å²) in [6.45, 7) is 2.93. The lowest BCUT2D eigenvalue weighted by molar-refractivity contribution is 0.102. The summed E-state index contributed by atoms with van der Waals surface area (Å²) in [5.41, 5.74) is 4.53. The van der Waals surface area contributed by atoms with Crippen LogP contribution in [-0.2, 0) is 17.6 Å². The molecule has 5 rings (SSSR count). The summed E-state index contributed by atoms with van der Waals surface area (Å²) in [4.78, 5) is 15.1. The van der Waals surface area contributed by atoms with Gasteiger partial charge in [-0.2, -0.15) is 0 Å². The highest BCUT2D eigenvalue weighted by molar-refractivity contribution is 7.99. The van der Waals surface area contributed by atoms with E-state index < -0.39 is 0 Å². The summed E-state index contributed by atoms with van der Waals surface area (Å²) in [6, 6.07) is 16.3. The van der Waals surface area contributed by atoms with E-state index in [4.69, 9.17) is 4.74 Å². The quantitative estimate of drug-likeness (QED) is 0.432. The molecule has 1 fully saturated rings. The number of Topliss-reactive ketones (excluding diaryl/α,β-unsaturated/α-hetero) is 1. The van der Waals surface area contributed by atoms with Gasteiger partial charge in [0.25, 0.3) is 0 Å². The van der Waals surface area contributed by atoms with Crippen molar-refractivity contribution in [3.8, 4) is 5.69 Å². The number of thioether (sulfide) groups is 1. The molecule has 2 aromatic carbocycles. The number of nitrogens with zero attached hydrogens (tertiary/aromatic N) is 4. The Kier molecular flexibility index (Phi) is 6.04. The number of fused-ring (bicyclic) bond motifs is 1. The van der Waals surface area contributed by atoms with E-state index in [1.807, 2.05) is 36.4 Å². The second kappa shape index (κ2) is 9.24. The molecule has 2 aliphatic rings. The molecule has 1 saturated heterocycles. The first kappa shape index (κ1) is 20.3. The molecule has 0 N–H and O–H groups in total. The molecule has 1 aliphatic heterocycles. The summed E-state index contributed by atoms with van der Waals surface area (Å²) in [5.74, 6) is 1.28. The molecule has 7 heteroatoms. The van der Waals surface area contributed by atoms with Crippen molar-refractivity contribution in [1.82, 2.24) is 14.8 Å². The smallest absolute Gasteiger partial charge is 0.232 e. The summed E-state index contributed by atoms with van der Waals surface area (Å²) < 4.78 is 7.54. The summed E-state index contributed by atoms with van der Waals surface area (Å²) in [6.07, 6.45) is 4.67. The maximum atomic E-state index is 13.0. The third-order valence-corrected chi connectivity index (χ3v) is 6.86. The van der Waals surface area contributed by atoms with Crippen molar-refractivity contribution in [3.05, 3.63) is 65.2 Å². The molecule has 1 aromatic heterocycles. The first-order valence-electron chi connectivity index (χ1n) is 10.9. The zero-order valence-electron chi connectivity index (χ0n) is 17.5. The van der Waals surface area contributed by atoms with Crippen LogP contribution in [0.5, 0.6) is 0 Å². The van der Waals surface area contributed by atoms with Crippen LogP contribution in [0, 0.1) is 0 Å². The van der Waals surface area contributed by atoms with Gasteiger partial charge in [0, 0.05) is 18.7 Å². The van der Waals surface area contributed by atoms with Gasteiger partial charge in [0.2, 0.25) is 5.95 Å². The number of carbonyl (C=O) groups excluding carboxylic acids is 1. The van der Waals surface area contributed by atoms with Crippen LogP contribution in [-0.4, -0.2) is 52.6 Å². The molecule has 0 radical (unpaired) electrons. The van der Waals surface area contributed by atoms with Crippen molar-refractivity contribution in [2.75, 3.05) is 37.0 Å². The number of rotatable bonds is 6. The molecule has 0 saturated carbocycles. The first-order chi connectivity index (χ1) is 15.3. The van der Waals surface area contributed by atoms with E-state index >= 15 is 0 Å². The maximum Gasteiger partial charge on any atom is 0.232 e. The first-order valence-corrected chi connectivity index (χ1v) is 11.9. The Morgan fingerprint density at radius 1 is 0.968 bits per heavy atom. The van der Waals surface area contributed by atoms with E-state index in [1.165, 1.54) is 35.7 Å². The van der Waals surface area contributed by atoms with Gasteiger partial charge in [0.15, 0.2) is 10.9 Å². The Labute approximate surface area is 186 Å². The number of para-hydroxylation sites is 1. The van der Waals surface area contributed by atoms with E-state index in [0.717, 1.165) is 48.3 Å². The van der Waals surface area contributed by atoms with Gasteiger partial charge in [0.1, 0.15) is 0 Å². The van der Waals surface area contributed by atoms with Crippen molar-refractivity contribution < 1.29 is 9.53 Å². The predicted molar refractivity (Wildman–Crippen MR) is 123 cm³/mol. The van der Waals surface area contributed by atoms with Crippen molar-refractivity contribution >= 4 is 23.5 Å². The lowest BCUT2D eigenvalue weighted by Crippen LogP contribution is -2.37. The number of anilines is 1. The monoisotopic (exact) mass is 434 g/mol. The molecule has 0 bridgehead atoms. The maximum absolute atomic E-state index is 13.0. The fourth-order valence-electron chi connectivity index (χ4n) is 4.25. The Balaban J connectivity index is 1.37. The van der Waals surface area contributed by atoms with Crippen LogP contribution >= 0.6 is 11.8 Å². The number of hydrogen-bond acceptors (Lipinski definition) is 6. The molecule has 3 aromatic rings. The molecular weight excluding hydrogens is 408 g/mol. The highest BCUT2D eigenvalue weighted by Gasteiger charge is 2.22. The minimum Gasteiger partial charge on any atom is -0.378 e. The van der Waals surface area contributed by atoms with Crippen LogP contribution in [0.4, 0.5) is 5.95 Å². The van der Waals surface area contributed by atoms with Crippen LogP contribution in [0.1, 0.15) is 34.3 Å². The average molecular weight is 435 g/mol. The number of morpholine rings is 1. The van der Waals surface area contributed by atoms with Gasteiger partial charge in [-0.25, -0.2) is 0 Å². The Morgan fingerprint density at radius 3 is 2.55 bits per heavy atom. The summed E-state index contributed by atoms with van der Waals surface area (Å²) in [7, 11) is 0. The normalized spacial score (nSPS) is 16.2. The number of aryl methyl sites for hydroxylation is 2. The Hall–Kier alpha value is -2.64. The van der Waals surface area contributed by atoms with E-state index in [2.05, 4.69) is 31.8 Å². The molecule has 0 atom stereocenters. The Morgan fingerprint density at radius 2 is 1.74 bits per heavy atom. The lowest BCUT2D eigenvalue weighted by Gasteiger charge is -2.27. The largest absolute Gasteiger partial charge is 0.378 e. The number of hydrogen-bond donors (Lipinski definition) is 0. The third kappa shape index (κ3) is 4.38. The molecule has 31 heavy (non-hydrogen) atoms. The molecule has 2 heterocycles. The van der Waals surface area contributed by atoms with Crippen molar-refractivity contribution in [2.24, 2.45) is 0 Å². The van der Waals surface area contributed by atoms with E-state index in [-0.39, 0.29) is 5.78 Å². The molecule has 1 aliphatic carbocycles. The van der Waals surface area contributed by atoms with Crippen LogP contribution in [0.2, 0.25) is 0 Å². The molecule has 0 unspecified atom stereocenters. The van der Waals surface area contributed by atoms with Crippen molar-refractivity contribution in [2.45, 2.75) is 30.8 Å². The molecule has 0 amide bonds. The molecule has 0 spiro atoms. The fourth-order valence-corrected chi connectivity index (χ4v) is 5.09. The number of carbonyl (C=O) groups is 1. The highest BCUT2D eigenvalue weighted by Crippen LogP contribution is 2.28. The van der Waals surface area contributed by atoms with Gasteiger partial charge in [-0.15, -0.1) is 10.2 Å². The molecule has 160 valence electrons. The zero-order valence-corrected chi connectivity index (χ0v) is 18.3. The van der Waals surface area contributed by atoms with Crippen molar-refractivity contribution in [3.63, 3.8) is 0 Å². The van der Waals surface area contributed by atoms with E-state index in [1.54, 1.807) is 0 Å². The average Bonchev–Trinajstić information content (AvgIpc) is 3.27. The Bertz CT molecular complexity index is 1060. The van der Waals surface area contributed by atoms with E-state index in [9.17, 15) is 4.79 Å². The van der Waals surface area contributed by atoms with Crippen LogP contribution in [0.15, 0.2) is 53.7 Å². The number of ether oxygens (including phenoxy) is 1. The fraction of sp³-hybridized carbons (Fsp3) is 0.375. The van der Waals surface area contributed by atoms with Gasteiger partial charge < -0.3 is 9.64 Å². The molecular formula is C24H26N4O2S. The number of ketones is 1. The van der Waals surface area contributed by atoms with Gasteiger partial charge in [-0.05, 0) is 55.0 Å². The van der Waals surface area contributed by atoms with Gasteiger partial charge in [-0.3, -0.25) is 9.36 Å². The highest BCUT2D eigenvalue weighted by atomic mass is 32.2. The SMILES string of the molecule is O=C(CSc1nnc(N2CCOCC2)n1-c1ccccc1)c1ccc2c(c1)CCCC2. The predicted octanol–water partition coefficient (Wildman–Crippen LogP) is 3.96. The summed E-state index contributed by atoms with van der Waals surface area (Å²) >= 11 is 1.45. The van der Waals surface area contributed by atoms with Gasteiger partial charge in [0.05, 0.1) is 24.7 Å². The van der Waals surface area contributed by atoms with Crippen LogP contribution < -0.4 is 4.90 Å². The standard InChI is InChI=1S/C24H26N4O2S/c29-22(20-11-10-18-6-4-5-7-19(18)16-20)17-31-24-26-25-23(27-12-14-30-15-13-27)28(24)21-8-2-1-3-9-21/h1-3,8-11,16H,4-7,12-15,17H2. The van der Waals surface area contributed by atoms with E-state index in [0.29, 0.717) is 19.0 Å². The van der Waals surface area contributed by atoms with Gasteiger partial charge >= 0.3 is 0 Å². The van der Waals surface area contributed by atoms with Crippen LogP contribution in [0.3, 0.4) is 0 Å². The minimum atomic E-state index is 0.133.